The lowest BCUT2D eigenvalue weighted by Crippen LogP contribution is -2.65. The van der Waals surface area contributed by atoms with Gasteiger partial charge in [-0.25, -0.2) is 0 Å². The number of hydrogen-bond acceptors (Lipinski definition) is 9. The number of aliphatic hydroxyl groups excluding tert-OH is 2. The van der Waals surface area contributed by atoms with Crippen LogP contribution in [-0.2, 0) is 33.6 Å². The van der Waals surface area contributed by atoms with Gasteiger partial charge < -0.3 is 31.9 Å². The van der Waals surface area contributed by atoms with Gasteiger partial charge in [-0.15, -0.1) is 0 Å². The van der Waals surface area contributed by atoms with Crippen LogP contribution in [0.15, 0.2) is 53.3 Å². The highest BCUT2D eigenvalue weighted by Crippen LogP contribution is 2.53. The van der Waals surface area contributed by atoms with Crippen LogP contribution in [0.2, 0.25) is 0 Å². The van der Waals surface area contributed by atoms with Crippen LogP contribution in [0.1, 0.15) is 28.7 Å². The number of Topliss-reactive ketones (excluding diaryl/α,β-unsaturated/α-hetero) is 2. The van der Waals surface area contributed by atoms with Gasteiger partial charge in [0.1, 0.15) is 22.8 Å². The minimum atomic E-state index is -2.65. The SMILES string of the molecule is CN(C)[C@H]1C(=O)C(C(N)=O)=C(O)[C@]2(O)C(=O)C3=C(O)c4c(O)ccc(CCc5ccc(N)cc5)c4C[C@@H]3C[C@H]12. The van der Waals surface area contributed by atoms with Crippen molar-refractivity contribution >= 4 is 28.9 Å². The molecule has 204 valence electrons. The number of hydrogen-bond donors (Lipinski definition) is 6. The lowest BCUT2D eigenvalue weighted by atomic mass is 9.57. The summed E-state index contributed by atoms with van der Waals surface area (Å²) in [5.41, 5.74) is 10.9. The summed E-state index contributed by atoms with van der Waals surface area (Å²) in [4.78, 5) is 40.7. The van der Waals surface area contributed by atoms with Gasteiger partial charge in [-0.1, -0.05) is 18.2 Å². The number of carbonyl (C=O) groups is 3. The predicted molar refractivity (Wildman–Crippen MR) is 143 cm³/mol. The van der Waals surface area contributed by atoms with Crippen molar-refractivity contribution in [2.75, 3.05) is 19.8 Å². The molecular formula is C29H31N3O7. The van der Waals surface area contributed by atoms with E-state index in [1.54, 1.807) is 20.2 Å². The number of anilines is 1. The number of amides is 1. The topological polar surface area (TPSA) is 187 Å². The number of rotatable bonds is 5. The fraction of sp³-hybridized carbons (Fsp3) is 0.345. The molecule has 3 aliphatic rings. The normalized spacial score (nSPS) is 26.4. The highest BCUT2D eigenvalue weighted by atomic mass is 16.3. The van der Waals surface area contributed by atoms with Crippen LogP contribution in [0, 0.1) is 11.8 Å². The molecule has 0 bridgehead atoms. The highest BCUT2D eigenvalue weighted by molar-refractivity contribution is 6.24. The van der Waals surface area contributed by atoms with Crippen LogP contribution in [0.25, 0.3) is 5.76 Å². The number of nitrogens with zero attached hydrogens (tertiary/aromatic N) is 1. The molecule has 2 aromatic carbocycles. The van der Waals surface area contributed by atoms with Crippen molar-refractivity contribution in [1.29, 1.82) is 0 Å². The third-order valence-corrected chi connectivity index (χ3v) is 8.36. The summed E-state index contributed by atoms with van der Waals surface area (Å²) in [5, 5.41) is 44.6. The van der Waals surface area contributed by atoms with Gasteiger partial charge in [-0.2, -0.15) is 0 Å². The molecule has 0 aromatic heterocycles. The molecule has 0 unspecified atom stereocenters. The second-order valence-corrected chi connectivity index (χ2v) is 10.8. The van der Waals surface area contributed by atoms with E-state index in [4.69, 9.17) is 11.5 Å². The van der Waals surface area contributed by atoms with Crippen molar-refractivity contribution in [2.45, 2.75) is 37.3 Å². The van der Waals surface area contributed by atoms with E-state index in [1.165, 1.54) is 11.0 Å². The summed E-state index contributed by atoms with van der Waals surface area (Å²) in [5.74, 6) is -6.58. The molecule has 1 fully saturated rings. The number of phenols is 1. The Hall–Kier alpha value is -4.15. The van der Waals surface area contributed by atoms with Crippen molar-refractivity contribution < 1.29 is 34.8 Å². The third kappa shape index (κ3) is 3.90. The van der Waals surface area contributed by atoms with Gasteiger partial charge in [0.15, 0.2) is 11.4 Å². The minimum absolute atomic E-state index is 0.0544. The van der Waals surface area contributed by atoms with Gasteiger partial charge >= 0.3 is 0 Å². The van der Waals surface area contributed by atoms with Crippen LogP contribution in [0.4, 0.5) is 5.69 Å². The molecular weight excluding hydrogens is 502 g/mol. The Kier molecular flexibility index (Phi) is 6.27. The zero-order valence-electron chi connectivity index (χ0n) is 21.6. The zero-order chi connectivity index (χ0) is 28.4. The lowest BCUT2D eigenvalue weighted by Gasteiger charge is -2.50. The molecule has 8 N–H and O–H groups in total. The maximum Gasteiger partial charge on any atom is 0.255 e. The monoisotopic (exact) mass is 533 g/mol. The molecule has 0 radical (unpaired) electrons. The van der Waals surface area contributed by atoms with Gasteiger partial charge in [0.2, 0.25) is 5.78 Å². The second-order valence-electron chi connectivity index (χ2n) is 10.8. The number of aromatic hydroxyl groups is 1. The van der Waals surface area contributed by atoms with Gasteiger partial charge in [-0.3, -0.25) is 19.3 Å². The van der Waals surface area contributed by atoms with Crippen molar-refractivity contribution in [3.8, 4) is 5.75 Å². The number of carbonyl (C=O) groups excluding carboxylic acids is 3. The summed E-state index contributed by atoms with van der Waals surface area (Å²) in [6, 6.07) is 9.61. The molecule has 0 spiro atoms. The van der Waals surface area contributed by atoms with Crippen molar-refractivity contribution in [3.63, 3.8) is 0 Å². The Balaban J connectivity index is 1.61. The molecule has 5 rings (SSSR count). The Morgan fingerprint density at radius 3 is 2.33 bits per heavy atom. The lowest BCUT2D eigenvalue weighted by molar-refractivity contribution is -0.153. The van der Waals surface area contributed by atoms with Gasteiger partial charge in [-0.05, 0) is 80.6 Å². The quantitative estimate of drug-likeness (QED) is 0.243. The van der Waals surface area contributed by atoms with E-state index in [0.717, 1.165) is 11.1 Å². The molecule has 0 heterocycles. The van der Waals surface area contributed by atoms with Crippen molar-refractivity contribution in [2.24, 2.45) is 17.6 Å². The Morgan fingerprint density at radius 1 is 1.05 bits per heavy atom. The Labute approximate surface area is 224 Å². The maximum absolute atomic E-state index is 13.9. The maximum atomic E-state index is 13.9. The van der Waals surface area contributed by atoms with E-state index in [-0.39, 0.29) is 29.7 Å². The highest BCUT2D eigenvalue weighted by Gasteiger charge is 2.64. The fourth-order valence-electron chi connectivity index (χ4n) is 6.51. The minimum Gasteiger partial charge on any atom is -0.508 e. The molecule has 39 heavy (non-hydrogen) atoms. The molecule has 0 aliphatic heterocycles. The first kappa shape index (κ1) is 26.5. The predicted octanol–water partition coefficient (Wildman–Crippen LogP) is 1.33. The number of nitrogens with two attached hydrogens (primary N) is 2. The second kappa shape index (κ2) is 9.25. The fourth-order valence-corrected chi connectivity index (χ4v) is 6.51. The summed E-state index contributed by atoms with van der Waals surface area (Å²) in [6.07, 6.45) is 1.58. The molecule has 2 aromatic rings. The number of aliphatic hydroxyl groups is 3. The standard InChI is InChI=1S/C29H31N3O7/c1-32(2)23-18-12-15-11-17-14(6-3-13-4-8-16(30)9-5-13)7-10-19(33)21(17)24(34)20(15)26(36)29(18,39)27(37)22(25(23)35)28(31)38/h4-5,7-10,15,18,23,33-34,37,39H,3,6,11-12,30H2,1-2H3,(H2,31,38)/t15-,18-,23-,29-/m1/s1. The van der Waals surface area contributed by atoms with Crippen molar-refractivity contribution in [1.82, 2.24) is 4.90 Å². The van der Waals surface area contributed by atoms with E-state index < -0.39 is 58.0 Å². The van der Waals surface area contributed by atoms with Crippen molar-refractivity contribution in [3.05, 3.63) is 75.6 Å². The first-order valence-electron chi connectivity index (χ1n) is 12.7. The molecule has 1 amide bonds. The number of nitrogen functional groups attached to an aromatic ring is 1. The van der Waals surface area contributed by atoms with Crippen LogP contribution >= 0.6 is 0 Å². The number of primary amides is 1. The first-order chi connectivity index (χ1) is 18.4. The number of likely N-dealkylation sites (N-methyl/N-ethyl adjacent to an activating group) is 1. The van der Waals surface area contributed by atoms with E-state index >= 15 is 0 Å². The molecule has 0 saturated heterocycles. The molecule has 10 heteroatoms. The summed E-state index contributed by atoms with van der Waals surface area (Å²) in [6.45, 7) is 0. The number of phenolic OH excluding ortho intramolecular Hbond substituents is 1. The molecule has 10 nitrogen and oxygen atoms in total. The zero-order valence-corrected chi connectivity index (χ0v) is 21.6. The smallest absolute Gasteiger partial charge is 0.255 e. The van der Waals surface area contributed by atoms with E-state index in [0.29, 0.717) is 24.1 Å². The van der Waals surface area contributed by atoms with Gasteiger partial charge in [0.05, 0.1) is 11.6 Å². The average molecular weight is 534 g/mol. The largest absolute Gasteiger partial charge is 0.508 e. The summed E-state index contributed by atoms with van der Waals surface area (Å²) < 4.78 is 0. The van der Waals surface area contributed by atoms with Crippen LogP contribution in [0.5, 0.6) is 5.75 Å². The molecule has 1 saturated carbocycles. The van der Waals surface area contributed by atoms with Crippen LogP contribution in [0.3, 0.4) is 0 Å². The number of benzene rings is 2. The Morgan fingerprint density at radius 2 is 1.72 bits per heavy atom. The third-order valence-electron chi connectivity index (χ3n) is 8.36. The van der Waals surface area contributed by atoms with E-state index in [9.17, 15) is 34.8 Å². The molecule has 4 atom stereocenters. The van der Waals surface area contributed by atoms with Gasteiger partial charge in [0, 0.05) is 17.2 Å². The van der Waals surface area contributed by atoms with Crippen LogP contribution < -0.4 is 11.5 Å². The van der Waals surface area contributed by atoms with Gasteiger partial charge in [0.25, 0.3) is 5.91 Å². The Bertz CT molecular complexity index is 1470. The number of ketones is 2. The number of fused-ring (bicyclic) bond motifs is 3. The van der Waals surface area contributed by atoms with E-state index in [1.807, 2.05) is 24.3 Å². The van der Waals surface area contributed by atoms with Crippen LogP contribution in [-0.4, -0.2) is 68.5 Å². The summed E-state index contributed by atoms with van der Waals surface area (Å²) >= 11 is 0. The first-order valence-corrected chi connectivity index (χ1v) is 12.7. The molecule has 3 aliphatic carbocycles. The average Bonchev–Trinajstić information content (AvgIpc) is 2.86. The number of aryl methyl sites for hydroxylation is 2. The summed E-state index contributed by atoms with van der Waals surface area (Å²) in [7, 11) is 3.14. The van der Waals surface area contributed by atoms with E-state index in [2.05, 4.69) is 0 Å².